The summed E-state index contributed by atoms with van der Waals surface area (Å²) >= 11 is 6.19. The average molecular weight is 342 g/mol. The lowest BCUT2D eigenvalue weighted by molar-refractivity contribution is -0.110. The van der Waals surface area contributed by atoms with E-state index in [1.165, 1.54) is 55.8 Å². The summed E-state index contributed by atoms with van der Waals surface area (Å²) in [7, 11) is 0. The Morgan fingerprint density at radius 1 is 0.800 bits per heavy atom. The van der Waals surface area contributed by atoms with Crippen LogP contribution < -0.4 is 0 Å². The molecule has 0 N–H and O–H groups in total. The SMILES string of the molecule is O=C(S)CCCCCCCCCCCI. The van der Waals surface area contributed by atoms with Gasteiger partial charge in [-0.2, -0.15) is 0 Å². The highest BCUT2D eigenvalue weighted by Crippen LogP contribution is 2.11. The Morgan fingerprint density at radius 3 is 1.60 bits per heavy atom. The van der Waals surface area contributed by atoms with Gasteiger partial charge in [0.05, 0.1) is 0 Å². The molecule has 0 aliphatic carbocycles. The number of carbonyl (C=O) groups is 1. The van der Waals surface area contributed by atoms with Crippen molar-refractivity contribution in [3.8, 4) is 0 Å². The maximum absolute atomic E-state index is 10.5. The molecule has 0 spiro atoms. The van der Waals surface area contributed by atoms with Crippen molar-refractivity contribution in [2.24, 2.45) is 0 Å². The fourth-order valence-electron chi connectivity index (χ4n) is 1.61. The first kappa shape index (κ1) is 15.8. The summed E-state index contributed by atoms with van der Waals surface area (Å²) in [4.78, 5) is 10.5. The number of rotatable bonds is 11. The molecule has 0 radical (unpaired) electrons. The molecule has 0 saturated heterocycles. The lowest BCUT2D eigenvalue weighted by atomic mass is 10.1. The first-order chi connectivity index (χ1) is 7.27. The molecule has 0 fully saturated rings. The molecule has 0 aromatic heterocycles. The zero-order chi connectivity index (χ0) is 11.4. The van der Waals surface area contributed by atoms with Crippen LogP contribution >= 0.6 is 35.2 Å². The quantitative estimate of drug-likeness (QED) is 0.247. The highest BCUT2D eigenvalue weighted by molar-refractivity contribution is 14.1. The van der Waals surface area contributed by atoms with E-state index in [0.29, 0.717) is 6.42 Å². The van der Waals surface area contributed by atoms with Crippen LogP contribution in [0, 0.1) is 0 Å². The molecule has 90 valence electrons. The Kier molecular flexibility index (Phi) is 13.5. The van der Waals surface area contributed by atoms with Gasteiger partial charge in [0.15, 0.2) is 5.12 Å². The molecule has 0 aliphatic rings. The third kappa shape index (κ3) is 14.8. The maximum atomic E-state index is 10.5. The maximum Gasteiger partial charge on any atom is 0.185 e. The van der Waals surface area contributed by atoms with Crippen molar-refractivity contribution in [3.63, 3.8) is 0 Å². The summed E-state index contributed by atoms with van der Waals surface area (Å²) in [5.41, 5.74) is 0. The molecule has 0 aromatic carbocycles. The lowest BCUT2D eigenvalue weighted by Crippen LogP contribution is -1.86. The second-order valence-electron chi connectivity index (χ2n) is 4.01. The molecule has 0 amide bonds. The molecular weight excluding hydrogens is 319 g/mol. The third-order valence-corrected chi connectivity index (χ3v) is 3.51. The minimum atomic E-state index is 0.0359. The molecule has 0 aromatic rings. The highest BCUT2D eigenvalue weighted by Gasteiger charge is 1.95. The van der Waals surface area contributed by atoms with E-state index in [1.54, 1.807) is 0 Å². The van der Waals surface area contributed by atoms with Crippen LogP contribution in [0.4, 0.5) is 0 Å². The second-order valence-corrected chi connectivity index (χ2v) is 5.59. The molecule has 0 atom stereocenters. The van der Waals surface area contributed by atoms with Crippen molar-refractivity contribution in [1.29, 1.82) is 0 Å². The third-order valence-electron chi connectivity index (χ3n) is 2.52. The van der Waals surface area contributed by atoms with Gasteiger partial charge in [0.25, 0.3) is 0 Å². The monoisotopic (exact) mass is 342 g/mol. The van der Waals surface area contributed by atoms with Crippen molar-refractivity contribution in [2.75, 3.05) is 4.43 Å². The van der Waals surface area contributed by atoms with Crippen LogP contribution in [0.15, 0.2) is 0 Å². The second kappa shape index (κ2) is 12.8. The largest absolute Gasteiger partial charge is 0.288 e. The van der Waals surface area contributed by atoms with Crippen molar-refractivity contribution in [1.82, 2.24) is 0 Å². The van der Waals surface area contributed by atoms with Crippen LogP contribution in [0.2, 0.25) is 0 Å². The van der Waals surface area contributed by atoms with E-state index in [0.717, 1.165) is 6.42 Å². The molecule has 0 bridgehead atoms. The van der Waals surface area contributed by atoms with Gasteiger partial charge in [-0.25, -0.2) is 0 Å². The fraction of sp³-hybridized carbons (Fsp3) is 0.917. The summed E-state index contributed by atoms with van der Waals surface area (Å²) in [5.74, 6) is 0. The molecule has 0 saturated carbocycles. The molecule has 0 rings (SSSR count). The van der Waals surface area contributed by atoms with E-state index in [9.17, 15) is 4.79 Å². The van der Waals surface area contributed by atoms with Gasteiger partial charge in [0, 0.05) is 6.42 Å². The topological polar surface area (TPSA) is 17.1 Å². The van der Waals surface area contributed by atoms with E-state index >= 15 is 0 Å². The minimum absolute atomic E-state index is 0.0359. The standard InChI is InChI=1S/C12H23IOS/c13-11-9-7-5-3-1-2-4-6-8-10-12(14)15/h1-11H2,(H,14,15). The van der Waals surface area contributed by atoms with Crippen molar-refractivity contribution in [3.05, 3.63) is 0 Å². The first-order valence-corrected chi connectivity index (χ1v) is 8.02. The molecule has 1 nitrogen and oxygen atoms in total. The summed E-state index contributed by atoms with van der Waals surface area (Å²) in [5, 5.41) is 0.0359. The predicted molar refractivity (Wildman–Crippen MR) is 79.1 cm³/mol. The molecule has 0 unspecified atom stereocenters. The van der Waals surface area contributed by atoms with Crippen molar-refractivity contribution >= 4 is 40.3 Å². The van der Waals surface area contributed by atoms with E-state index < -0.39 is 0 Å². The predicted octanol–water partition coefficient (Wildman–Crippen LogP) is 4.78. The smallest absolute Gasteiger partial charge is 0.185 e. The number of carbonyl (C=O) groups excluding carboxylic acids is 1. The van der Waals surface area contributed by atoms with Crippen LogP contribution in [0.1, 0.15) is 64.2 Å². The summed E-state index contributed by atoms with van der Waals surface area (Å²) in [6, 6.07) is 0. The molecule has 15 heavy (non-hydrogen) atoms. The number of alkyl halides is 1. The van der Waals surface area contributed by atoms with Crippen LogP contribution in [0.3, 0.4) is 0 Å². The van der Waals surface area contributed by atoms with Crippen LogP contribution in [0.5, 0.6) is 0 Å². The van der Waals surface area contributed by atoms with Crippen molar-refractivity contribution in [2.45, 2.75) is 64.2 Å². The summed E-state index contributed by atoms with van der Waals surface area (Å²) in [6.45, 7) is 0. The van der Waals surface area contributed by atoms with E-state index in [2.05, 4.69) is 35.2 Å². The van der Waals surface area contributed by atoms with Gasteiger partial charge >= 0.3 is 0 Å². The van der Waals surface area contributed by atoms with Crippen LogP contribution in [0.25, 0.3) is 0 Å². The van der Waals surface area contributed by atoms with E-state index in [1.807, 2.05) is 0 Å². The van der Waals surface area contributed by atoms with Crippen LogP contribution in [-0.4, -0.2) is 9.54 Å². The highest BCUT2D eigenvalue weighted by atomic mass is 127. The zero-order valence-electron chi connectivity index (χ0n) is 9.51. The van der Waals surface area contributed by atoms with Crippen LogP contribution in [-0.2, 0) is 4.79 Å². The summed E-state index contributed by atoms with van der Waals surface area (Å²) < 4.78 is 1.30. The minimum Gasteiger partial charge on any atom is -0.288 e. The number of thiol groups is 1. The molecular formula is C12H23IOS. The average Bonchev–Trinajstić information content (AvgIpc) is 2.20. The normalized spacial score (nSPS) is 10.5. The van der Waals surface area contributed by atoms with Gasteiger partial charge in [-0.15, -0.1) is 12.6 Å². The molecule has 0 aliphatic heterocycles. The number of unbranched alkanes of at least 4 members (excludes halogenated alkanes) is 8. The van der Waals surface area contributed by atoms with Gasteiger partial charge in [-0.05, 0) is 17.3 Å². The van der Waals surface area contributed by atoms with Gasteiger partial charge in [-0.3, -0.25) is 4.79 Å². The first-order valence-electron chi connectivity index (χ1n) is 6.05. The Morgan fingerprint density at radius 2 is 1.20 bits per heavy atom. The zero-order valence-corrected chi connectivity index (χ0v) is 12.6. The fourth-order valence-corrected chi connectivity index (χ4v) is 2.31. The number of halogens is 1. The molecule has 0 heterocycles. The van der Waals surface area contributed by atoms with E-state index in [-0.39, 0.29) is 5.12 Å². The summed E-state index contributed by atoms with van der Waals surface area (Å²) in [6.07, 6.45) is 12.4. The Bertz CT molecular complexity index is 151. The Labute approximate surface area is 113 Å². The van der Waals surface area contributed by atoms with Crippen molar-refractivity contribution < 1.29 is 4.79 Å². The van der Waals surface area contributed by atoms with Gasteiger partial charge in [0.2, 0.25) is 0 Å². The number of hydrogen-bond donors (Lipinski definition) is 1. The Hall–Kier alpha value is 0.750. The Balaban J connectivity index is 2.89. The molecule has 3 heteroatoms. The van der Waals surface area contributed by atoms with Gasteiger partial charge in [-0.1, -0.05) is 67.5 Å². The van der Waals surface area contributed by atoms with Gasteiger partial charge in [0.1, 0.15) is 0 Å². The number of hydrogen-bond acceptors (Lipinski definition) is 1. The van der Waals surface area contributed by atoms with E-state index in [4.69, 9.17) is 0 Å². The lowest BCUT2D eigenvalue weighted by Gasteiger charge is -2.01. The van der Waals surface area contributed by atoms with Gasteiger partial charge < -0.3 is 0 Å².